The van der Waals surface area contributed by atoms with E-state index in [9.17, 15) is 8.42 Å². The molecule has 1 N–H and O–H groups in total. The van der Waals surface area contributed by atoms with E-state index in [-0.39, 0.29) is 15.9 Å². The summed E-state index contributed by atoms with van der Waals surface area (Å²) < 4.78 is 31.8. The van der Waals surface area contributed by atoms with Gasteiger partial charge in [0.2, 0.25) is 15.9 Å². The van der Waals surface area contributed by atoms with Crippen LogP contribution in [0.5, 0.6) is 5.88 Å². The van der Waals surface area contributed by atoms with Crippen LogP contribution in [0.3, 0.4) is 0 Å². The van der Waals surface area contributed by atoms with Crippen molar-refractivity contribution in [2.75, 3.05) is 6.54 Å². The van der Waals surface area contributed by atoms with Crippen molar-refractivity contribution in [1.29, 1.82) is 0 Å². The van der Waals surface area contributed by atoms with Gasteiger partial charge < -0.3 is 4.74 Å². The predicted molar refractivity (Wildman–Crippen MR) is 57.0 cm³/mol. The first-order valence-corrected chi connectivity index (χ1v) is 6.72. The van der Waals surface area contributed by atoms with Gasteiger partial charge in [-0.15, -0.1) is 0 Å². The summed E-state index contributed by atoms with van der Waals surface area (Å²) in [5.41, 5.74) is -0.407. The van der Waals surface area contributed by atoms with Crippen LogP contribution in [0.4, 0.5) is 0 Å². The van der Waals surface area contributed by atoms with E-state index in [0.717, 1.165) is 12.8 Å². The lowest BCUT2D eigenvalue weighted by atomic mass is 10.3. The van der Waals surface area contributed by atoms with E-state index < -0.39 is 15.6 Å². The summed E-state index contributed by atoms with van der Waals surface area (Å²) in [7, 11) is -3.52. The molecule has 1 spiro atoms. The molecule has 0 saturated heterocycles. The number of ether oxygens (including phenoxy) is 1. The lowest BCUT2D eigenvalue weighted by molar-refractivity contribution is 0.174. The van der Waals surface area contributed by atoms with Gasteiger partial charge >= 0.3 is 0 Å². The van der Waals surface area contributed by atoms with Gasteiger partial charge in [-0.05, 0) is 25.0 Å². The molecule has 1 aliphatic carbocycles. The van der Waals surface area contributed by atoms with E-state index in [1.165, 1.54) is 12.1 Å². The second-order valence-electron chi connectivity index (χ2n) is 4.05. The molecular formula is C9H9ClN2O3S. The van der Waals surface area contributed by atoms with E-state index in [2.05, 4.69) is 9.71 Å². The first-order valence-electron chi connectivity index (χ1n) is 4.86. The number of nitrogens with one attached hydrogen (secondary N) is 1. The SMILES string of the molecule is O=S1(=O)NCC2(CC2)Oc2nc(Cl)ccc21. The number of rotatable bonds is 0. The molecule has 1 aromatic heterocycles. The Bertz CT molecular complexity index is 554. The minimum atomic E-state index is -3.52. The Morgan fingerprint density at radius 3 is 2.88 bits per heavy atom. The van der Waals surface area contributed by atoms with Gasteiger partial charge in [0.15, 0.2) is 0 Å². The highest BCUT2D eigenvalue weighted by Gasteiger charge is 2.49. The molecule has 0 atom stereocenters. The molecule has 3 rings (SSSR count). The van der Waals surface area contributed by atoms with Gasteiger partial charge in [0.1, 0.15) is 15.6 Å². The molecule has 0 aromatic carbocycles. The van der Waals surface area contributed by atoms with Crippen molar-refractivity contribution in [2.24, 2.45) is 0 Å². The Hall–Kier alpha value is -0.850. The van der Waals surface area contributed by atoms with Gasteiger partial charge in [-0.2, -0.15) is 0 Å². The molecule has 0 bridgehead atoms. The Labute approximate surface area is 97.8 Å². The third-order valence-corrected chi connectivity index (χ3v) is 4.41. The van der Waals surface area contributed by atoms with E-state index in [1.807, 2.05) is 0 Å². The second-order valence-corrected chi connectivity index (χ2v) is 6.17. The van der Waals surface area contributed by atoms with Crippen LogP contribution < -0.4 is 9.46 Å². The smallest absolute Gasteiger partial charge is 0.246 e. The van der Waals surface area contributed by atoms with E-state index in [1.54, 1.807) is 0 Å². The molecule has 7 heteroatoms. The van der Waals surface area contributed by atoms with Crippen LogP contribution in [0.15, 0.2) is 17.0 Å². The standard InChI is InChI=1S/C9H9ClN2O3S/c10-7-2-1-6-8(12-7)15-9(3-4-9)5-11-16(6,13)14/h1-2,11H,3-5H2. The van der Waals surface area contributed by atoms with Gasteiger partial charge in [-0.1, -0.05) is 11.6 Å². The summed E-state index contributed by atoms with van der Waals surface area (Å²) in [5, 5.41) is 0.228. The number of nitrogens with zero attached hydrogens (tertiary/aromatic N) is 1. The van der Waals surface area contributed by atoms with Crippen molar-refractivity contribution < 1.29 is 13.2 Å². The molecule has 1 saturated carbocycles. The fraction of sp³-hybridized carbons (Fsp3) is 0.444. The van der Waals surface area contributed by atoms with Crippen molar-refractivity contribution >= 4 is 21.6 Å². The summed E-state index contributed by atoms with van der Waals surface area (Å²) in [4.78, 5) is 3.99. The molecule has 16 heavy (non-hydrogen) atoms. The van der Waals surface area contributed by atoms with Crippen molar-refractivity contribution in [2.45, 2.75) is 23.3 Å². The zero-order valence-electron chi connectivity index (χ0n) is 8.23. The highest BCUT2D eigenvalue weighted by molar-refractivity contribution is 7.89. The van der Waals surface area contributed by atoms with Crippen LogP contribution in [-0.4, -0.2) is 25.5 Å². The largest absolute Gasteiger partial charge is 0.469 e. The summed E-state index contributed by atoms with van der Waals surface area (Å²) in [6, 6.07) is 2.85. The summed E-state index contributed by atoms with van der Waals surface area (Å²) in [5.74, 6) is 0.106. The van der Waals surface area contributed by atoms with Crippen LogP contribution in [0, 0.1) is 0 Å². The third kappa shape index (κ3) is 1.57. The van der Waals surface area contributed by atoms with Crippen molar-refractivity contribution in [3.8, 4) is 5.88 Å². The van der Waals surface area contributed by atoms with Crippen molar-refractivity contribution in [3.05, 3.63) is 17.3 Å². The Kier molecular flexibility index (Phi) is 1.99. The number of aromatic nitrogens is 1. The van der Waals surface area contributed by atoms with E-state index >= 15 is 0 Å². The number of hydrogen-bond acceptors (Lipinski definition) is 4. The molecule has 1 fully saturated rings. The number of fused-ring (bicyclic) bond motifs is 1. The van der Waals surface area contributed by atoms with Crippen molar-refractivity contribution in [1.82, 2.24) is 9.71 Å². The zero-order valence-corrected chi connectivity index (χ0v) is 9.81. The maximum absolute atomic E-state index is 11.8. The Balaban J connectivity index is 2.18. The maximum atomic E-state index is 11.8. The summed E-state index contributed by atoms with van der Waals surface area (Å²) >= 11 is 5.73. The van der Waals surface area contributed by atoms with E-state index in [0.29, 0.717) is 6.54 Å². The van der Waals surface area contributed by atoms with E-state index in [4.69, 9.17) is 16.3 Å². The summed E-state index contributed by atoms with van der Waals surface area (Å²) in [6.45, 7) is 0.295. The van der Waals surface area contributed by atoms with Crippen LogP contribution in [0.2, 0.25) is 5.15 Å². The molecule has 2 aliphatic rings. The molecule has 0 amide bonds. The molecule has 1 aromatic rings. The number of hydrogen-bond donors (Lipinski definition) is 1. The second kappa shape index (κ2) is 3.09. The van der Waals surface area contributed by atoms with Gasteiger partial charge in [0.25, 0.3) is 0 Å². The first-order chi connectivity index (χ1) is 7.51. The first kappa shape index (κ1) is 10.3. The highest BCUT2D eigenvalue weighted by atomic mass is 35.5. The molecule has 5 nitrogen and oxygen atoms in total. The van der Waals surface area contributed by atoms with Gasteiger partial charge in [-0.25, -0.2) is 18.1 Å². The third-order valence-electron chi connectivity index (χ3n) is 2.79. The zero-order chi connectivity index (χ0) is 11.4. The predicted octanol–water partition coefficient (Wildman–Crippen LogP) is 0.938. The number of sulfonamides is 1. The normalized spacial score (nSPS) is 24.3. The molecular weight excluding hydrogens is 252 g/mol. The average Bonchev–Trinajstić information content (AvgIpc) is 2.96. The van der Waals surface area contributed by atoms with Gasteiger partial charge in [-0.3, -0.25) is 0 Å². The highest BCUT2D eigenvalue weighted by Crippen LogP contribution is 2.43. The quantitative estimate of drug-likeness (QED) is 0.705. The van der Waals surface area contributed by atoms with Crippen LogP contribution in [0.1, 0.15) is 12.8 Å². The minimum absolute atomic E-state index is 0.0562. The summed E-state index contributed by atoms with van der Waals surface area (Å²) in [6.07, 6.45) is 1.67. The van der Waals surface area contributed by atoms with Crippen LogP contribution in [0.25, 0.3) is 0 Å². The fourth-order valence-corrected chi connectivity index (χ4v) is 2.96. The van der Waals surface area contributed by atoms with Crippen LogP contribution in [-0.2, 0) is 10.0 Å². The molecule has 0 unspecified atom stereocenters. The maximum Gasteiger partial charge on any atom is 0.246 e. The van der Waals surface area contributed by atoms with Crippen LogP contribution >= 0.6 is 11.6 Å². The molecule has 86 valence electrons. The lowest BCUT2D eigenvalue weighted by Gasteiger charge is -2.13. The fourth-order valence-electron chi connectivity index (χ4n) is 1.65. The number of halogens is 1. The van der Waals surface area contributed by atoms with Crippen molar-refractivity contribution in [3.63, 3.8) is 0 Å². The van der Waals surface area contributed by atoms with Gasteiger partial charge in [0, 0.05) is 0 Å². The lowest BCUT2D eigenvalue weighted by Crippen LogP contribution is -2.33. The van der Waals surface area contributed by atoms with Gasteiger partial charge in [0.05, 0.1) is 6.54 Å². The minimum Gasteiger partial charge on any atom is -0.469 e. The number of pyridine rings is 1. The molecule has 2 heterocycles. The molecule has 0 radical (unpaired) electrons. The Morgan fingerprint density at radius 1 is 1.44 bits per heavy atom. The molecule has 1 aliphatic heterocycles. The monoisotopic (exact) mass is 260 g/mol. The Morgan fingerprint density at radius 2 is 2.19 bits per heavy atom. The average molecular weight is 261 g/mol. The topological polar surface area (TPSA) is 68.3 Å².